The fraction of sp³-hybridized carbons (Fsp3) is 0.367. The van der Waals surface area contributed by atoms with E-state index in [0.29, 0.717) is 31.3 Å². The van der Waals surface area contributed by atoms with Gasteiger partial charge in [-0.25, -0.2) is 9.59 Å². The molecule has 0 aliphatic rings. The number of carbonyl (C=O) groups is 2. The van der Waals surface area contributed by atoms with E-state index in [1.165, 1.54) is 5.56 Å². The van der Waals surface area contributed by atoms with Crippen molar-refractivity contribution in [2.24, 2.45) is 5.73 Å². The molecule has 1 heterocycles. The first-order chi connectivity index (χ1) is 18.8. The van der Waals surface area contributed by atoms with Gasteiger partial charge in [0, 0.05) is 30.5 Å². The van der Waals surface area contributed by atoms with Gasteiger partial charge in [0.15, 0.2) is 11.5 Å². The van der Waals surface area contributed by atoms with E-state index in [-0.39, 0.29) is 0 Å². The number of ether oxygens (including phenoxy) is 2. The topological polar surface area (TPSA) is 144 Å². The van der Waals surface area contributed by atoms with Crippen LogP contribution in [-0.4, -0.2) is 53.4 Å². The molecule has 9 heteroatoms. The molecule has 210 valence electrons. The lowest BCUT2D eigenvalue weighted by molar-refractivity contribution is -0.134. The molecule has 39 heavy (non-hydrogen) atoms. The number of unbranched alkanes of at least 4 members (excludes halogenated alkanes) is 1. The minimum atomic E-state index is -1.26. The third-order valence-corrected chi connectivity index (χ3v) is 5.92. The maximum absolute atomic E-state index is 9.55. The number of aryl methyl sites for hydroxylation is 2. The SMILES string of the molecule is COc1cc(NC(C)CCCN)c2nccc(C)c2c1OCCCCc1ccccc1.O=C(O)C=CC(=O)O. The third-order valence-electron chi connectivity index (χ3n) is 5.92. The molecule has 1 atom stereocenters. The maximum atomic E-state index is 9.55. The van der Waals surface area contributed by atoms with Crippen molar-refractivity contribution in [2.75, 3.05) is 25.6 Å². The Morgan fingerprint density at radius 1 is 1.08 bits per heavy atom. The van der Waals surface area contributed by atoms with Crippen molar-refractivity contribution in [3.8, 4) is 11.5 Å². The smallest absolute Gasteiger partial charge is 0.328 e. The molecule has 0 fully saturated rings. The first-order valence-corrected chi connectivity index (χ1v) is 13.0. The Bertz CT molecular complexity index is 1210. The van der Waals surface area contributed by atoms with Crippen LogP contribution >= 0.6 is 0 Å². The van der Waals surface area contributed by atoms with Gasteiger partial charge in [-0.15, -0.1) is 0 Å². The van der Waals surface area contributed by atoms with Crippen LogP contribution in [0.1, 0.15) is 43.7 Å². The summed E-state index contributed by atoms with van der Waals surface area (Å²) < 4.78 is 12.0. The lowest BCUT2D eigenvalue weighted by Gasteiger charge is -2.20. The number of rotatable bonds is 14. The molecule has 3 aromatic rings. The molecule has 9 nitrogen and oxygen atoms in total. The number of methoxy groups -OCH3 is 1. The Balaban J connectivity index is 0.000000580. The van der Waals surface area contributed by atoms with Gasteiger partial charge in [0.1, 0.15) is 0 Å². The lowest BCUT2D eigenvalue weighted by Crippen LogP contribution is -2.17. The molecular formula is C30H39N3O6. The van der Waals surface area contributed by atoms with Crippen LogP contribution in [0.3, 0.4) is 0 Å². The highest BCUT2D eigenvalue weighted by Crippen LogP contribution is 2.41. The van der Waals surface area contributed by atoms with Crippen molar-refractivity contribution in [1.29, 1.82) is 0 Å². The van der Waals surface area contributed by atoms with Crippen molar-refractivity contribution in [2.45, 2.75) is 52.0 Å². The largest absolute Gasteiger partial charge is 0.493 e. The highest BCUT2D eigenvalue weighted by molar-refractivity contribution is 5.99. The van der Waals surface area contributed by atoms with Gasteiger partial charge in [-0.05, 0) is 69.7 Å². The van der Waals surface area contributed by atoms with Crippen LogP contribution in [0, 0.1) is 6.92 Å². The maximum Gasteiger partial charge on any atom is 0.328 e. The van der Waals surface area contributed by atoms with Crippen LogP contribution < -0.4 is 20.5 Å². The van der Waals surface area contributed by atoms with Gasteiger partial charge in [-0.1, -0.05) is 30.3 Å². The summed E-state index contributed by atoms with van der Waals surface area (Å²) in [5, 5.41) is 20.2. The second-order valence-corrected chi connectivity index (χ2v) is 9.08. The van der Waals surface area contributed by atoms with Crippen LogP contribution in [0.25, 0.3) is 10.9 Å². The van der Waals surface area contributed by atoms with E-state index < -0.39 is 11.9 Å². The Kier molecular flexibility index (Phi) is 13.3. The van der Waals surface area contributed by atoms with Gasteiger partial charge >= 0.3 is 11.9 Å². The number of hydrogen-bond acceptors (Lipinski definition) is 7. The summed E-state index contributed by atoms with van der Waals surface area (Å²) in [6.45, 7) is 5.60. The average molecular weight is 538 g/mol. The summed E-state index contributed by atoms with van der Waals surface area (Å²) in [7, 11) is 1.69. The molecule has 0 aliphatic carbocycles. The highest BCUT2D eigenvalue weighted by atomic mass is 16.5. The minimum absolute atomic E-state index is 0.295. The van der Waals surface area contributed by atoms with Gasteiger partial charge in [0.05, 0.1) is 30.3 Å². The van der Waals surface area contributed by atoms with E-state index in [9.17, 15) is 9.59 Å². The molecule has 5 N–H and O–H groups in total. The van der Waals surface area contributed by atoms with Crippen LogP contribution in [0.15, 0.2) is 60.8 Å². The van der Waals surface area contributed by atoms with E-state index in [0.717, 1.165) is 65.8 Å². The van der Waals surface area contributed by atoms with Gasteiger partial charge in [0.2, 0.25) is 0 Å². The summed E-state index contributed by atoms with van der Waals surface area (Å²) in [6.07, 6.45) is 8.08. The number of hydrogen-bond donors (Lipinski definition) is 4. The van der Waals surface area contributed by atoms with Gasteiger partial charge in [0.25, 0.3) is 0 Å². The summed E-state index contributed by atoms with van der Waals surface area (Å²) in [4.78, 5) is 23.8. The van der Waals surface area contributed by atoms with E-state index >= 15 is 0 Å². The number of benzene rings is 2. The molecule has 3 rings (SSSR count). The molecule has 0 aliphatic heterocycles. The highest BCUT2D eigenvalue weighted by Gasteiger charge is 2.18. The molecule has 0 amide bonds. The average Bonchev–Trinajstić information content (AvgIpc) is 2.92. The standard InChI is InChI=1S/C26H35N3O2.C4H4O4/c1-19-14-16-28-25-22(29-20(2)10-9-15-27)18-23(30-3)26(24(19)25)31-17-8-7-13-21-11-5-4-6-12-21;5-3(6)1-2-4(7)8/h4-6,11-12,14,16,18,20,29H,7-10,13,15,17,27H2,1-3H3;1-2H,(H,5,6)(H,7,8). The van der Waals surface area contributed by atoms with Gasteiger partial charge in [-0.2, -0.15) is 0 Å². The summed E-state index contributed by atoms with van der Waals surface area (Å²) in [5.41, 5.74) is 10.0. The Morgan fingerprint density at radius 2 is 1.77 bits per heavy atom. The summed E-state index contributed by atoms with van der Waals surface area (Å²) >= 11 is 0. The Hall–Kier alpha value is -4.11. The van der Waals surface area contributed by atoms with E-state index in [4.69, 9.17) is 25.4 Å². The minimum Gasteiger partial charge on any atom is -0.493 e. The van der Waals surface area contributed by atoms with Crippen LogP contribution in [0.4, 0.5) is 5.69 Å². The van der Waals surface area contributed by atoms with Gasteiger partial charge < -0.3 is 30.7 Å². The first-order valence-electron chi connectivity index (χ1n) is 13.0. The number of aromatic nitrogens is 1. The fourth-order valence-corrected chi connectivity index (χ4v) is 4.00. The summed E-state index contributed by atoms with van der Waals surface area (Å²) in [6, 6.07) is 14.9. The monoisotopic (exact) mass is 537 g/mol. The van der Waals surface area contributed by atoms with E-state index in [1.807, 2.05) is 18.3 Å². The number of nitrogens with zero attached hydrogens (tertiary/aromatic N) is 1. The Morgan fingerprint density at radius 3 is 2.38 bits per heavy atom. The zero-order valence-electron chi connectivity index (χ0n) is 22.9. The Labute approximate surface area is 229 Å². The zero-order chi connectivity index (χ0) is 28.6. The number of aliphatic carboxylic acids is 2. The second-order valence-electron chi connectivity index (χ2n) is 9.08. The van der Waals surface area contributed by atoms with Crippen LogP contribution in [-0.2, 0) is 16.0 Å². The van der Waals surface area contributed by atoms with Gasteiger partial charge in [-0.3, -0.25) is 4.98 Å². The van der Waals surface area contributed by atoms with Crippen molar-refractivity contribution in [3.05, 3.63) is 71.9 Å². The lowest BCUT2D eigenvalue weighted by atomic mass is 10.1. The van der Waals surface area contributed by atoms with Crippen molar-refractivity contribution >= 4 is 28.5 Å². The molecule has 0 spiro atoms. The zero-order valence-corrected chi connectivity index (χ0v) is 22.9. The van der Waals surface area contributed by atoms with E-state index in [2.05, 4.69) is 54.5 Å². The molecule has 0 saturated carbocycles. The molecule has 0 saturated heterocycles. The first kappa shape index (κ1) is 31.1. The van der Waals surface area contributed by atoms with Crippen molar-refractivity contribution in [3.63, 3.8) is 0 Å². The molecular weight excluding hydrogens is 498 g/mol. The number of pyridine rings is 1. The second kappa shape index (κ2) is 16.7. The van der Waals surface area contributed by atoms with Crippen molar-refractivity contribution < 1.29 is 29.3 Å². The van der Waals surface area contributed by atoms with Crippen LogP contribution in [0.2, 0.25) is 0 Å². The predicted molar refractivity (Wildman–Crippen MR) is 154 cm³/mol. The molecule has 2 aromatic carbocycles. The van der Waals surface area contributed by atoms with E-state index in [1.54, 1.807) is 7.11 Å². The molecule has 0 radical (unpaired) electrons. The fourth-order valence-electron chi connectivity index (χ4n) is 4.00. The number of nitrogens with two attached hydrogens (primary N) is 1. The normalized spacial score (nSPS) is 11.5. The third kappa shape index (κ3) is 10.6. The number of nitrogens with one attached hydrogen (secondary N) is 1. The number of fused-ring (bicyclic) bond motifs is 1. The van der Waals surface area contributed by atoms with Crippen LogP contribution in [0.5, 0.6) is 11.5 Å². The molecule has 1 aromatic heterocycles. The summed E-state index contributed by atoms with van der Waals surface area (Å²) in [5.74, 6) is -0.997. The molecule has 1 unspecified atom stereocenters. The quantitative estimate of drug-likeness (QED) is 0.161. The number of anilines is 1. The molecule has 0 bridgehead atoms. The number of carboxylic acid groups (broad SMARTS) is 2. The number of carboxylic acids is 2. The predicted octanol–water partition coefficient (Wildman–Crippen LogP) is 5.20. The van der Waals surface area contributed by atoms with Crippen molar-refractivity contribution in [1.82, 2.24) is 4.98 Å².